The second kappa shape index (κ2) is 8.75. The molecule has 1 aliphatic heterocycles. The van der Waals surface area contributed by atoms with Crippen LogP contribution in [0.4, 0.5) is 0 Å². The summed E-state index contributed by atoms with van der Waals surface area (Å²) in [6.45, 7) is 3.49. The molecule has 32 heavy (non-hydrogen) atoms. The lowest BCUT2D eigenvalue weighted by atomic mass is 10.1. The minimum atomic E-state index is -1.04. The second-order valence-corrected chi connectivity index (χ2v) is 7.07. The number of carbonyl (C=O) groups excluding carboxylic acids is 3. The van der Waals surface area contributed by atoms with Crippen molar-refractivity contribution in [3.05, 3.63) is 31.2 Å². The molecule has 3 aromatic rings. The molecule has 0 spiro atoms. The average molecular weight is 444 g/mol. The molecule has 0 aliphatic carbocycles. The molecule has 0 bridgehead atoms. The number of furan rings is 1. The normalized spacial score (nSPS) is 22.6. The van der Waals surface area contributed by atoms with Crippen LogP contribution in [0.25, 0.3) is 22.4 Å². The molecule has 0 amide bonds. The summed E-state index contributed by atoms with van der Waals surface area (Å²) in [6, 6.07) is 1.74. The second-order valence-electron chi connectivity index (χ2n) is 7.07. The number of aromatic nitrogens is 4. The van der Waals surface area contributed by atoms with Gasteiger partial charge in [0.2, 0.25) is 0 Å². The van der Waals surface area contributed by atoms with Crippen molar-refractivity contribution in [2.24, 2.45) is 0 Å². The Bertz CT molecular complexity index is 1140. The van der Waals surface area contributed by atoms with E-state index in [-0.39, 0.29) is 6.61 Å². The number of hydrogen-bond acceptors (Lipinski definition) is 11. The van der Waals surface area contributed by atoms with Crippen LogP contribution in [-0.4, -0.2) is 62.3 Å². The maximum Gasteiger partial charge on any atom is 0.303 e. The maximum absolute atomic E-state index is 11.8. The SMILES string of the molecule is CC(=O)OC[C@H]1O[C@@H](n2cnc3c(-c4ccoc4)ncnc32)[C@H](OC(C)=O)[C@@H]1OC(C)=O. The molecular weight excluding hydrogens is 424 g/mol. The van der Waals surface area contributed by atoms with Crippen LogP contribution in [0.3, 0.4) is 0 Å². The van der Waals surface area contributed by atoms with Gasteiger partial charge in [-0.25, -0.2) is 15.0 Å². The summed E-state index contributed by atoms with van der Waals surface area (Å²) in [5.74, 6) is -1.75. The number of fused-ring (bicyclic) bond motifs is 1. The molecule has 0 unspecified atom stereocenters. The van der Waals surface area contributed by atoms with Crippen molar-refractivity contribution in [3.63, 3.8) is 0 Å². The van der Waals surface area contributed by atoms with Crippen LogP contribution in [0.1, 0.15) is 27.0 Å². The number of rotatable bonds is 6. The van der Waals surface area contributed by atoms with Crippen molar-refractivity contribution in [2.75, 3.05) is 6.61 Å². The highest BCUT2D eigenvalue weighted by Gasteiger charge is 2.51. The smallest absolute Gasteiger partial charge is 0.303 e. The molecule has 4 heterocycles. The lowest BCUT2D eigenvalue weighted by molar-refractivity contribution is -0.166. The molecule has 0 saturated carbocycles. The van der Waals surface area contributed by atoms with Crippen LogP contribution < -0.4 is 0 Å². The van der Waals surface area contributed by atoms with Gasteiger partial charge in [0.1, 0.15) is 30.2 Å². The molecule has 12 heteroatoms. The van der Waals surface area contributed by atoms with E-state index in [1.807, 2.05) is 0 Å². The standard InChI is InChI=1S/C20H20N4O8/c1-10(25)29-7-14-17(30-11(2)26)18(31-12(3)27)20(32-14)24-9-23-16-15(13-4-5-28-6-13)21-8-22-19(16)24/h4-6,8-9,14,17-18,20H,7H2,1-3H3/t14-,17-,18-,20-/m1/s1. The van der Waals surface area contributed by atoms with Gasteiger partial charge >= 0.3 is 17.9 Å². The molecule has 0 radical (unpaired) electrons. The van der Waals surface area contributed by atoms with Crippen molar-refractivity contribution in [1.82, 2.24) is 19.5 Å². The monoisotopic (exact) mass is 444 g/mol. The van der Waals surface area contributed by atoms with E-state index in [0.717, 1.165) is 0 Å². The lowest BCUT2D eigenvalue weighted by Gasteiger charge is -2.23. The number of hydrogen-bond donors (Lipinski definition) is 0. The molecule has 0 N–H and O–H groups in total. The Balaban J connectivity index is 1.75. The fourth-order valence-electron chi connectivity index (χ4n) is 3.57. The zero-order valence-electron chi connectivity index (χ0n) is 17.5. The third-order valence-corrected chi connectivity index (χ3v) is 4.77. The summed E-state index contributed by atoms with van der Waals surface area (Å²) in [4.78, 5) is 47.8. The Morgan fingerprint density at radius 2 is 1.78 bits per heavy atom. The van der Waals surface area contributed by atoms with Gasteiger partial charge < -0.3 is 23.4 Å². The molecule has 1 aliphatic rings. The van der Waals surface area contributed by atoms with Crippen molar-refractivity contribution < 1.29 is 37.7 Å². The first-order chi connectivity index (χ1) is 15.3. The average Bonchev–Trinajstić information content (AvgIpc) is 3.46. The van der Waals surface area contributed by atoms with Crippen LogP contribution in [-0.2, 0) is 33.3 Å². The number of ether oxygens (including phenoxy) is 4. The maximum atomic E-state index is 11.8. The fourth-order valence-corrected chi connectivity index (χ4v) is 3.57. The van der Waals surface area contributed by atoms with Crippen LogP contribution >= 0.6 is 0 Å². The lowest BCUT2D eigenvalue weighted by Crippen LogP contribution is -2.40. The van der Waals surface area contributed by atoms with Crippen molar-refractivity contribution in [3.8, 4) is 11.3 Å². The molecule has 1 saturated heterocycles. The van der Waals surface area contributed by atoms with Crippen LogP contribution in [0.2, 0.25) is 0 Å². The molecule has 4 rings (SSSR count). The van der Waals surface area contributed by atoms with E-state index in [2.05, 4.69) is 15.0 Å². The number of imidazole rings is 1. The van der Waals surface area contributed by atoms with E-state index in [0.29, 0.717) is 22.4 Å². The highest BCUT2D eigenvalue weighted by atomic mass is 16.7. The quantitative estimate of drug-likeness (QED) is 0.402. The third-order valence-electron chi connectivity index (χ3n) is 4.77. The first-order valence-electron chi connectivity index (χ1n) is 9.68. The van der Waals surface area contributed by atoms with Gasteiger partial charge in [-0.3, -0.25) is 19.0 Å². The van der Waals surface area contributed by atoms with Gasteiger partial charge in [0.05, 0.1) is 18.9 Å². The molecule has 1 fully saturated rings. The highest BCUT2D eigenvalue weighted by Crippen LogP contribution is 2.36. The van der Waals surface area contributed by atoms with E-state index in [1.54, 1.807) is 10.6 Å². The number of esters is 3. The zero-order valence-corrected chi connectivity index (χ0v) is 17.5. The Hall–Kier alpha value is -3.80. The first kappa shape index (κ1) is 21.4. The predicted octanol–water partition coefficient (Wildman–Crippen LogP) is 1.41. The molecule has 4 atom stereocenters. The zero-order chi connectivity index (χ0) is 22.8. The van der Waals surface area contributed by atoms with Crippen LogP contribution in [0.5, 0.6) is 0 Å². The van der Waals surface area contributed by atoms with E-state index in [4.69, 9.17) is 23.4 Å². The van der Waals surface area contributed by atoms with Crippen LogP contribution in [0.15, 0.2) is 35.7 Å². The summed E-state index contributed by atoms with van der Waals surface area (Å²) in [5.41, 5.74) is 2.11. The van der Waals surface area contributed by atoms with Gasteiger partial charge in [0.15, 0.2) is 24.1 Å². The van der Waals surface area contributed by atoms with E-state index in [1.165, 1.54) is 46.0 Å². The fraction of sp³-hybridized carbons (Fsp3) is 0.400. The summed E-state index contributed by atoms with van der Waals surface area (Å²) in [5, 5.41) is 0. The third kappa shape index (κ3) is 4.17. The Kier molecular flexibility index (Phi) is 5.86. The first-order valence-corrected chi connectivity index (χ1v) is 9.68. The number of carbonyl (C=O) groups is 3. The van der Waals surface area contributed by atoms with E-state index >= 15 is 0 Å². The Morgan fingerprint density at radius 1 is 1.03 bits per heavy atom. The van der Waals surface area contributed by atoms with Gasteiger partial charge in [-0.05, 0) is 6.07 Å². The predicted molar refractivity (Wildman–Crippen MR) is 105 cm³/mol. The number of nitrogens with zero attached hydrogens (tertiary/aromatic N) is 4. The summed E-state index contributed by atoms with van der Waals surface area (Å²) >= 11 is 0. The van der Waals surface area contributed by atoms with Crippen molar-refractivity contribution in [1.29, 1.82) is 0 Å². The van der Waals surface area contributed by atoms with Crippen molar-refractivity contribution in [2.45, 2.75) is 45.3 Å². The van der Waals surface area contributed by atoms with Gasteiger partial charge in [-0.1, -0.05) is 0 Å². The summed E-state index contributed by atoms with van der Waals surface area (Å²) in [6.07, 6.45) is 1.96. The molecule has 3 aromatic heterocycles. The summed E-state index contributed by atoms with van der Waals surface area (Å²) < 4.78 is 28.6. The molecule has 12 nitrogen and oxygen atoms in total. The van der Waals surface area contributed by atoms with Crippen molar-refractivity contribution >= 4 is 29.1 Å². The van der Waals surface area contributed by atoms with Gasteiger partial charge in [-0.2, -0.15) is 0 Å². The van der Waals surface area contributed by atoms with E-state index < -0.39 is 42.4 Å². The topological polar surface area (TPSA) is 145 Å². The molecule has 168 valence electrons. The highest BCUT2D eigenvalue weighted by molar-refractivity contribution is 5.86. The minimum absolute atomic E-state index is 0.205. The van der Waals surface area contributed by atoms with Gasteiger partial charge in [-0.15, -0.1) is 0 Å². The van der Waals surface area contributed by atoms with Crippen LogP contribution in [0, 0.1) is 0 Å². The van der Waals surface area contributed by atoms with E-state index in [9.17, 15) is 14.4 Å². The minimum Gasteiger partial charge on any atom is -0.472 e. The molecular formula is C20H20N4O8. The Morgan fingerprint density at radius 3 is 2.44 bits per heavy atom. The molecule has 0 aromatic carbocycles. The van der Waals surface area contributed by atoms with Gasteiger partial charge in [0, 0.05) is 26.3 Å². The largest absolute Gasteiger partial charge is 0.472 e. The summed E-state index contributed by atoms with van der Waals surface area (Å²) in [7, 11) is 0. The Labute approximate surface area is 181 Å². The van der Waals surface area contributed by atoms with Gasteiger partial charge in [0.25, 0.3) is 0 Å².